The number of nitrogen functional groups attached to an aromatic ring is 1. The average Bonchev–Trinajstić information content (AvgIpc) is 3.05. The number of hydrazine groups is 1. The van der Waals surface area contributed by atoms with Crippen LogP contribution in [0.25, 0.3) is 16.6 Å². The number of hydrogen-bond donors (Lipinski definition) is 4. The molecule has 10 heteroatoms. The lowest BCUT2D eigenvalue weighted by Crippen LogP contribution is -2.28. The number of amides is 1. The van der Waals surface area contributed by atoms with Gasteiger partial charge in [-0.3, -0.25) is 14.4 Å². The molecule has 31 heavy (non-hydrogen) atoms. The Kier molecular flexibility index (Phi) is 7.53. The summed E-state index contributed by atoms with van der Waals surface area (Å²) >= 11 is 0. The molecule has 0 aliphatic rings. The number of nitrogens with two attached hydrogens (primary N) is 2. The molecule has 0 unspecified atom stereocenters. The minimum absolute atomic E-state index is 0.224. The van der Waals surface area contributed by atoms with E-state index in [0.717, 1.165) is 25.7 Å². The van der Waals surface area contributed by atoms with Crippen molar-refractivity contribution in [2.24, 2.45) is 5.84 Å². The van der Waals surface area contributed by atoms with Crippen molar-refractivity contribution in [1.29, 1.82) is 0 Å². The zero-order chi connectivity index (χ0) is 23.3. The van der Waals surface area contributed by atoms with Gasteiger partial charge >= 0.3 is 6.18 Å². The number of carbonyl (C=O) groups excluding carboxylic acids is 1. The maximum Gasteiger partial charge on any atom is 0.416 e. The van der Waals surface area contributed by atoms with Crippen LogP contribution in [0.5, 0.6) is 0 Å². The number of carbonyl (C=O) groups is 1. The molecule has 0 radical (unpaired) electrons. The SMILES string of the molecule is CCCNC(=O)c1ccc2c(c1)c(N)c(N(C)N)n2-c1ccc(C(F)(F)F)cc1.CO. The van der Waals surface area contributed by atoms with Crippen LogP contribution >= 0.6 is 0 Å². The highest BCUT2D eigenvalue weighted by Crippen LogP contribution is 2.38. The quantitative estimate of drug-likeness (QED) is 0.362. The lowest BCUT2D eigenvalue weighted by Gasteiger charge is -2.18. The number of aromatic nitrogens is 1. The van der Waals surface area contributed by atoms with E-state index in [4.69, 9.17) is 16.7 Å². The molecule has 0 fully saturated rings. The molecule has 0 saturated carbocycles. The molecule has 6 N–H and O–H groups in total. The Bertz CT molecular complexity index is 1040. The average molecular weight is 437 g/mol. The zero-order valence-corrected chi connectivity index (χ0v) is 17.5. The first-order valence-electron chi connectivity index (χ1n) is 9.48. The van der Waals surface area contributed by atoms with Crippen molar-refractivity contribution in [3.8, 4) is 5.69 Å². The number of nitrogens with zero attached hydrogens (tertiary/aromatic N) is 2. The second kappa shape index (κ2) is 9.71. The Morgan fingerprint density at radius 2 is 1.77 bits per heavy atom. The normalized spacial score (nSPS) is 11.1. The molecular weight excluding hydrogens is 411 g/mol. The first-order chi connectivity index (χ1) is 14.6. The summed E-state index contributed by atoms with van der Waals surface area (Å²) in [5, 5.41) is 11.7. The Labute approximate surface area is 178 Å². The maximum absolute atomic E-state index is 12.9. The Morgan fingerprint density at radius 1 is 1.16 bits per heavy atom. The number of fused-ring (bicyclic) bond motifs is 1. The fourth-order valence-corrected chi connectivity index (χ4v) is 3.19. The van der Waals surface area contributed by atoms with E-state index in [0.29, 0.717) is 40.2 Å². The highest BCUT2D eigenvalue weighted by atomic mass is 19.4. The van der Waals surface area contributed by atoms with Crippen molar-refractivity contribution in [2.45, 2.75) is 19.5 Å². The number of rotatable bonds is 5. The molecule has 1 aromatic heterocycles. The maximum atomic E-state index is 12.9. The predicted molar refractivity (Wildman–Crippen MR) is 116 cm³/mol. The van der Waals surface area contributed by atoms with Gasteiger partial charge in [0.25, 0.3) is 5.91 Å². The summed E-state index contributed by atoms with van der Waals surface area (Å²) < 4.78 is 40.4. The van der Waals surface area contributed by atoms with Crippen LogP contribution in [-0.4, -0.2) is 36.3 Å². The van der Waals surface area contributed by atoms with Gasteiger partial charge in [-0.1, -0.05) is 6.92 Å². The third-order valence-electron chi connectivity index (χ3n) is 4.56. The largest absolute Gasteiger partial charge is 0.416 e. The molecule has 3 rings (SSSR count). The summed E-state index contributed by atoms with van der Waals surface area (Å²) in [6.45, 7) is 2.50. The van der Waals surface area contributed by atoms with Crippen LogP contribution in [0.15, 0.2) is 42.5 Å². The Hall–Kier alpha value is -3.24. The van der Waals surface area contributed by atoms with E-state index in [9.17, 15) is 18.0 Å². The molecule has 0 spiro atoms. The molecular formula is C21H26F3N5O2. The minimum atomic E-state index is -4.43. The van der Waals surface area contributed by atoms with Crippen LogP contribution in [0.3, 0.4) is 0 Å². The van der Waals surface area contributed by atoms with Gasteiger partial charge in [-0.2, -0.15) is 13.2 Å². The van der Waals surface area contributed by atoms with E-state index in [1.165, 1.54) is 17.1 Å². The van der Waals surface area contributed by atoms with Crippen LogP contribution in [0.1, 0.15) is 29.3 Å². The van der Waals surface area contributed by atoms with Gasteiger partial charge in [0, 0.05) is 37.3 Å². The molecule has 0 bridgehead atoms. The molecule has 7 nitrogen and oxygen atoms in total. The van der Waals surface area contributed by atoms with Gasteiger partial charge in [0.1, 0.15) is 0 Å². The molecule has 0 atom stereocenters. The Balaban J connectivity index is 0.00000166. The van der Waals surface area contributed by atoms with Crippen molar-refractivity contribution in [2.75, 3.05) is 31.4 Å². The van der Waals surface area contributed by atoms with Gasteiger partial charge < -0.3 is 16.2 Å². The van der Waals surface area contributed by atoms with Crippen molar-refractivity contribution in [1.82, 2.24) is 9.88 Å². The van der Waals surface area contributed by atoms with Gasteiger partial charge in [-0.05, 0) is 48.9 Å². The van der Waals surface area contributed by atoms with Gasteiger partial charge in [0.05, 0.1) is 16.8 Å². The van der Waals surface area contributed by atoms with Crippen LogP contribution in [0.4, 0.5) is 24.7 Å². The van der Waals surface area contributed by atoms with E-state index in [2.05, 4.69) is 5.32 Å². The number of aliphatic hydroxyl groups is 1. The minimum Gasteiger partial charge on any atom is -0.400 e. The summed E-state index contributed by atoms with van der Waals surface area (Å²) in [6.07, 6.45) is -3.62. The third kappa shape index (κ3) is 4.92. The van der Waals surface area contributed by atoms with E-state index < -0.39 is 11.7 Å². The van der Waals surface area contributed by atoms with Crippen LogP contribution < -0.4 is 21.9 Å². The first-order valence-corrected chi connectivity index (χ1v) is 9.48. The monoisotopic (exact) mass is 437 g/mol. The zero-order valence-electron chi connectivity index (χ0n) is 17.5. The number of nitrogens with one attached hydrogen (secondary N) is 1. The highest BCUT2D eigenvalue weighted by Gasteiger charge is 2.30. The fraction of sp³-hybridized carbons (Fsp3) is 0.286. The third-order valence-corrected chi connectivity index (χ3v) is 4.56. The molecule has 1 heterocycles. The molecule has 0 aliphatic carbocycles. The Morgan fingerprint density at radius 3 is 2.29 bits per heavy atom. The standard InChI is InChI=1S/C20H22F3N5O.CH4O/c1-3-10-26-18(29)12-4-9-16-15(11-12)17(24)19(27(2)25)28(16)14-7-5-13(6-8-14)20(21,22)23;1-2/h4-9,11H,3,10,24-25H2,1-2H3,(H,26,29);2H,1H3. The number of benzene rings is 2. The van der Waals surface area contributed by atoms with Gasteiger partial charge in [-0.25, -0.2) is 5.84 Å². The number of halogens is 3. The summed E-state index contributed by atoms with van der Waals surface area (Å²) in [6, 6.07) is 9.73. The van der Waals surface area contributed by atoms with Crippen LogP contribution in [0.2, 0.25) is 0 Å². The van der Waals surface area contributed by atoms with Crippen LogP contribution in [0, 0.1) is 0 Å². The molecule has 0 aliphatic heterocycles. The van der Waals surface area contributed by atoms with E-state index in [-0.39, 0.29) is 5.91 Å². The second-order valence-corrected chi connectivity index (χ2v) is 6.72. The molecule has 168 valence electrons. The lowest BCUT2D eigenvalue weighted by atomic mass is 10.1. The molecule has 1 amide bonds. The predicted octanol–water partition coefficient (Wildman–Crippen LogP) is 3.29. The fourth-order valence-electron chi connectivity index (χ4n) is 3.19. The van der Waals surface area contributed by atoms with E-state index in [1.807, 2.05) is 6.92 Å². The van der Waals surface area contributed by atoms with Crippen molar-refractivity contribution >= 4 is 28.3 Å². The van der Waals surface area contributed by atoms with E-state index in [1.54, 1.807) is 29.8 Å². The lowest BCUT2D eigenvalue weighted by molar-refractivity contribution is -0.137. The smallest absolute Gasteiger partial charge is 0.400 e. The number of aliphatic hydroxyl groups excluding tert-OH is 1. The van der Waals surface area contributed by atoms with Gasteiger partial charge in [0.15, 0.2) is 5.82 Å². The number of anilines is 2. The summed E-state index contributed by atoms with van der Waals surface area (Å²) in [5.41, 5.74) is 7.41. The summed E-state index contributed by atoms with van der Waals surface area (Å²) in [4.78, 5) is 12.3. The molecule has 3 aromatic rings. The van der Waals surface area contributed by atoms with Crippen molar-refractivity contribution < 1.29 is 23.1 Å². The van der Waals surface area contributed by atoms with Crippen molar-refractivity contribution in [3.63, 3.8) is 0 Å². The molecule has 0 saturated heterocycles. The van der Waals surface area contributed by atoms with Crippen molar-refractivity contribution in [3.05, 3.63) is 53.6 Å². The number of hydrogen-bond acceptors (Lipinski definition) is 5. The number of alkyl halides is 3. The second-order valence-electron chi connectivity index (χ2n) is 6.72. The first kappa shape index (κ1) is 24.0. The highest BCUT2D eigenvalue weighted by molar-refractivity contribution is 6.05. The van der Waals surface area contributed by atoms with Gasteiger partial charge in [0.2, 0.25) is 0 Å². The molecule has 2 aromatic carbocycles. The topological polar surface area (TPSA) is 110 Å². The van der Waals surface area contributed by atoms with Gasteiger partial charge in [-0.15, -0.1) is 0 Å². The van der Waals surface area contributed by atoms with E-state index >= 15 is 0 Å². The summed E-state index contributed by atoms with van der Waals surface area (Å²) in [7, 11) is 2.58. The van der Waals surface area contributed by atoms with Crippen LogP contribution in [-0.2, 0) is 6.18 Å². The summed E-state index contributed by atoms with van der Waals surface area (Å²) in [5.74, 6) is 6.14.